The first kappa shape index (κ1) is 11.1. The van der Waals surface area contributed by atoms with Gasteiger partial charge in [0.2, 0.25) is 11.7 Å². The number of rotatable bonds is 2. The number of hydrogen-bond donors (Lipinski definition) is 0. The summed E-state index contributed by atoms with van der Waals surface area (Å²) in [6.45, 7) is 3.54. The van der Waals surface area contributed by atoms with E-state index in [4.69, 9.17) is 16.1 Å². The molecular formula is C11H10ClFN2O. The summed E-state index contributed by atoms with van der Waals surface area (Å²) in [4.78, 5) is 4.09. The Morgan fingerprint density at radius 3 is 2.69 bits per heavy atom. The van der Waals surface area contributed by atoms with Gasteiger partial charge in [0.15, 0.2) is 0 Å². The summed E-state index contributed by atoms with van der Waals surface area (Å²) in [5, 5.41) is 3.40. The maximum absolute atomic E-state index is 13.2. The van der Waals surface area contributed by atoms with Gasteiger partial charge in [-0.3, -0.25) is 0 Å². The molecule has 1 aromatic carbocycles. The molecule has 0 radical (unpaired) electrons. The molecule has 3 nitrogen and oxygen atoms in total. The summed E-state index contributed by atoms with van der Waals surface area (Å²) in [6, 6.07) is 4.59. The molecule has 0 aliphatic heterocycles. The Morgan fingerprint density at radius 1 is 1.38 bits per heavy atom. The van der Waals surface area contributed by atoms with Gasteiger partial charge in [0.05, 0.1) is 0 Å². The molecule has 0 saturated carbocycles. The van der Waals surface area contributed by atoms with Gasteiger partial charge < -0.3 is 4.52 Å². The quantitative estimate of drug-likeness (QED) is 0.755. The smallest absolute Gasteiger partial charge is 0.244 e. The number of alkyl halides is 1. The minimum Gasteiger partial charge on any atom is -0.337 e. The van der Waals surface area contributed by atoms with Crippen LogP contribution < -0.4 is 0 Å². The minimum absolute atomic E-state index is 0.319. The Morgan fingerprint density at radius 2 is 2.12 bits per heavy atom. The first-order valence-electron chi connectivity index (χ1n) is 4.81. The zero-order valence-electron chi connectivity index (χ0n) is 8.87. The van der Waals surface area contributed by atoms with Crippen molar-refractivity contribution in [3.8, 4) is 11.4 Å². The second kappa shape index (κ2) is 4.22. The van der Waals surface area contributed by atoms with Gasteiger partial charge in [0.1, 0.15) is 11.2 Å². The molecule has 0 aliphatic carbocycles. The van der Waals surface area contributed by atoms with E-state index in [-0.39, 0.29) is 11.2 Å². The standard InChI is InChI=1S/C11H10ClFN2O/c1-6-3-8(5-9(13)4-6)10-14-11(7(2)12)16-15-10/h3-5,7H,1-2H3. The summed E-state index contributed by atoms with van der Waals surface area (Å²) >= 11 is 5.80. The lowest BCUT2D eigenvalue weighted by Gasteiger charge is -1.97. The Labute approximate surface area is 97.2 Å². The van der Waals surface area contributed by atoms with Crippen molar-refractivity contribution < 1.29 is 8.91 Å². The van der Waals surface area contributed by atoms with Gasteiger partial charge in [-0.15, -0.1) is 11.6 Å². The Hall–Kier alpha value is -1.42. The predicted molar refractivity (Wildman–Crippen MR) is 58.7 cm³/mol. The van der Waals surface area contributed by atoms with Gasteiger partial charge in [-0.1, -0.05) is 5.16 Å². The molecule has 84 valence electrons. The monoisotopic (exact) mass is 240 g/mol. The molecule has 5 heteroatoms. The maximum atomic E-state index is 13.2. The number of aryl methyl sites for hydroxylation is 1. The average Bonchev–Trinajstić information content (AvgIpc) is 2.64. The molecule has 0 N–H and O–H groups in total. The van der Waals surface area contributed by atoms with Gasteiger partial charge in [-0.05, 0) is 37.6 Å². The highest BCUT2D eigenvalue weighted by molar-refractivity contribution is 6.20. The van der Waals surface area contributed by atoms with Crippen LogP contribution in [-0.4, -0.2) is 10.1 Å². The number of halogens is 2. The highest BCUT2D eigenvalue weighted by Crippen LogP contribution is 2.23. The number of hydrogen-bond acceptors (Lipinski definition) is 3. The average molecular weight is 241 g/mol. The zero-order chi connectivity index (χ0) is 11.7. The van der Waals surface area contributed by atoms with Crippen LogP contribution in [0.2, 0.25) is 0 Å². The number of aromatic nitrogens is 2. The molecule has 16 heavy (non-hydrogen) atoms. The second-order valence-corrected chi connectivity index (χ2v) is 4.24. The van der Waals surface area contributed by atoms with Gasteiger partial charge >= 0.3 is 0 Å². The van der Waals surface area contributed by atoms with E-state index in [2.05, 4.69) is 10.1 Å². The molecule has 0 spiro atoms. The van der Waals surface area contributed by atoms with Gasteiger partial charge in [0.25, 0.3) is 0 Å². The van der Waals surface area contributed by atoms with Crippen LogP contribution >= 0.6 is 11.6 Å². The van der Waals surface area contributed by atoms with E-state index < -0.39 is 0 Å². The van der Waals surface area contributed by atoms with E-state index in [1.807, 2.05) is 0 Å². The summed E-state index contributed by atoms with van der Waals surface area (Å²) in [5.74, 6) is 0.365. The van der Waals surface area contributed by atoms with Crippen LogP contribution in [0.4, 0.5) is 4.39 Å². The molecule has 2 rings (SSSR count). The highest BCUT2D eigenvalue weighted by atomic mass is 35.5. The zero-order valence-corrected chi connectivity index (χ0v) is 9.62. The normalized spacial score (nSPS) is 12.8. The molecule has 1 heterocycles. The van der Waals surface area contributed by atoms with Crippen molar-refractivity contribution in [2.75, 3.05) is 0 Å². The molecule has 0 fully saturated rings. The van der Waals surface area contributed by atoms with Gasteiger partial charge in [-0.2, -0.15) is 4.98 Å². The van der Waals surface area contributed by atoms with E-state index >= 15 is 0 Å². The van der Waals surface area contributed by atoms with Crippen LogP contribution in [0, 0.1) is 12.7 Å². The first-order chi connectivity index (χ1) is 7.56. The van der Waals surface area contributed by atoms with Crippen LogP contribution in [0.25, 0.3) is 11.4 Å². The molecule has 1 atom stereocenters. The third kappa shape index (κ3) is 2.22. The highest BCUT2D eigenvalue weighted by Gasteiger charge is 2.13. The van der Waals surface area contributed by atoms with Crippen LogP contribution in [0.3, 0.4) is 0 Å². The van der Waals surface area contributed by atoms with Crippen molar-refractivity contribution in [3.63, 3.8) is 0 Å². The van der Waals surface area contributed by atoms with Crippen molar-refractivity contribution in [1.82, 2.24) is 10.1 Å². The third-order valence-corrected chi connectivity index (χ3v) is 2.27. The van der Waals surface area contributed by atoms with Crippen LogP contribution in [0.1, 0.15) is 23.8 Å². The molecule has 2 aromatic rings. The van der Waals surface area contributed by atoms with Crippen molar-refractivity contribution >= 4 is 11.6 Å². The summed E-state index contributed by atoms with van der Waals surface area (Å²) < 4.78 is 18.1. The SMILES string of the molecule is Cc1cc(F)cc(-c2noc(C(C)Cl)n2)c1. The van der Waals surface area contributed by atoms with Gasteiger partial charge in [-0.25, -0.2) is 4.39 Å². The molecule has 1 aromatic heterocycles. The number of benzene rings is 1. The van der Waals surface area contributed by atoms with E-state index in [9.17, 15) is 4.39 Å². The Balaban J connectivity index is 2.42. The van der Waals surface area contributed by atoms with E-state index in [0.29, 0.717) is 17.3 Å². The summed E-state index contributed by atoms with van der Waals surface area (Å²) in [7, 11) is 0. The molecule has 0 aliphatic rings. The van der Waals surface area contributed by atoms with Crippen molar-refractivity contribution in [1.29, 1.82) is 0 Å². The summed E-state index contributed by atoms with van der Waals surface area (Å²) in [6.07, 6.45) is 0. The fourth-order valence-electron chi connectivity index (χ4n) is 1.38. The molecule has 0 saturated heterocycles. The molecule has 0 bridgehead atoms. The lowest BCUT2D eigenvalue weighted by molar-refractivity contribution is 0.379. The van der Waals surface area contributed by atoms with Crippen LogP contribution in [0.5, 0.6) is 0 Å². The van der Waals surface area contributed by atoms with E-state index in [1.165, 1.54) is 12.1 Å². The van der Waals surface area contributed by atoms with Crippen molar-refractivity contribution in [3.05, 3.63) is 35.5 Å². The summed E-state index contributed by atoms with van der Waals surface area (Å²) in [5.41, 5.74) is 1.39. The molecule has 1 unspecified atom stereocenters. The lowest BCUT2D eigenvalue weighted by Crippen LogP contribution is -1.87. The maximum Gasteiger partial charge on any atom is 0.244 e. The van der Waals surface area contributed by atoms with Crippen LogP contribution in [-0.2, 0) is 0 Å². The first-order valence-corrected chi connectivity index (χ1v) is 5.25. The Kier molecular flexibility index (Phi) is 2.92. The fourth-order valence-corrected chi connectivity index (χ4v) is 1.47. The van der Waals surface area contributed by atoms with E-state index in [0.717, 1.165) is 5.56 Å². The molecule has 0 amide bonds. The number of nitrogens with zero attached hydrogens (tertiary/aromatic N) is 2. The third-order valence-electron chi connectivity index (χ3n) is 2.08. The minimum atomic E-state index is -0.351. The van der Waals surface area contributed by atoms with Crippen LogP contribution in [0.15, 0.2) is 22.7 Å². The largest absolute Gasteiger partial charge is 0.337 e. The molecular weight excluding hydrogens is 231 g/mol. The topological polar surface area (TPSA) is 38.9 Å². The fraction of sp³-hybridized carbons (Fsp3) is 0.273. The van der Waals surface area contributed by atoms with Gasteiger partial charge in [0, 0.05) is 5.56 Å². The van der Waals surface area contributed by atoms with Crippen molar-refractivity contribution in [2.45, 2.75) is 19.2 Å². The van der Waals surface area contributed by atoms with Crippen molar-refractivity contribution in [2.24, 2.45) is 0 Å². The lowest BCUT2D eigenvalue weighted by atomic mass is 10.1. The Bertz CT molecular complexity index is 490. The second-order valence-electron chi connectivity index (χ2n) is 3.59. The predicted octanol–water partition coefficient (Wildman–Crippen LogP) is 3.48. The van der Waals surface area contributed by atoms with E-state index in [1.54, 1.807) is 19.9 Å².